The average molecular weight is 209 g/mol. The number of hydrogen-bond donors (Lipinski definition) is 0. The highest BCUT2D eigenvalue weighted by Gasteiger charge is 2.23. The van der Waals surface area contributed by atoms with Gasteiger partial charge >= 0.3 is 0 Å². The molecule has 0 aromatic heterocycles. The van der Waals surface area contributed by atoms with E-state index >= 15 is 0 Å². The average Bonchev–Trinajstić information content (AvgIpc) is 2.70. The number of benzene rings is 1. The Balaban J connectivity index is 2.45. The summed E-state index contributed by atoms with van der Waals surface area (Å²) >= 11 is 0. The zero-order chi connectivity index (χ0) is 10.8. The predicted octanol–water partition coefficient (Wildman–Crippen LogP) is 2.36. The van der Waals surface area contributed by atoms with E-state index in [2.05, 4.69) is 0 Å². The SMILES string of the molecule is O=[N+]([O-])c1cc(F)ccc1C1C=CCO1. The number of rotatable bonds is 2. The summed E-state index contributed by atoms with van der Waals surface area (Å²) in [5.41, 5.74) is 0.140. The van der Waals surface area contributed by atoms with Gasteiger partial charge in [-0.15, -0.1) is 0 Å². The first kappa shape index (κ1) is 9.79. The largest absolute Gasteiger partial charge is 0.365 e. The van der Waals surface area contributed by atoms with Crippen LogP contribution in [0.15, 0.2) is 30.4 Å². The monoisotopic (exact) mass is 209 g/mol. The standard InChI is InChI=1S/C10H8FNO3/c11-7-3-4-8(9(6-7)12(13)14)10-2-1-5-15-10/h1-4,6,10H,5H2. The third kappa shape index (κ3) is 1.87. The maximum Gasteiger partial charge on any atom is 0.278 e. The van der Waals surface area contributed by atoms with Gasteiger partial charge in [-0.05, 0) is 12.1 Å². The normalized spacial score (nSPS) is 19.4. The molecule has 0 saturated carbocycles. The van der Waals surface area contributed by atoms with Crippen molar-refractivity contribution in [1.82, 2.24) is 0 Å². The van der Waals surface area contributed by atoms with Gasteiger partial charge in [0, 0.05) is 0 Å². The maximum absolute atomic E-state index is 12.8. The van der Waals surface area contributed by atoms with Gasteiger partial charge < -0.3 is 4.74 Å². The highest BCUT2D eigenvalue weighted by molar-refractivity contribution is 5.44. The molecular formula is C10H8FNO3. The summed E-state index contributed by atoms with van der Waals surface area (Å²) in [5.74, 6) is -0.618. The molecule has 0 bridgehead atoms. The molecule has 1 aromatic carbocycles. The van der Waals surface area contributed by atoms with Crippen molar-refractivity contribution in [1.29, 1.82) is 0 Å². The predicted molar refractivity (Wildman–Crippen MR) is 50.9 cm³/mol. The number of nitro groups is 1. The Labute approximate surface area is 85.1 Å². The summed E-state index contributed by atoms with van der Waals surface area (Å²) in [6.07, 6.45) is 3.06. The van der Waals surface area contributed by atoms with Crippen molar-refractivity contribution in [2.75, 3.05) is 6.61 Å². The van der Waals surface area contributed by atoms with E-state index in [4.69, 9.17) is 4.74 Å². The number of ether oxygens (including phenoxy) is 1. The fraction of sp³-hybridized carbons (Fsp3) is 0.200. The first-order valence-electron chi connectivity index (χ1n) is 4.40. The van der Waals surface area contributed by atoms with E-state index < -0.39 is 16.8 Å². The van der Waals surface area contributed by atoms with Crippen LogP contribution in [0.25, 0.3) is 0 Å². The van der Waals surface area contributed by atoms with Gasteiger partial charge in [0.25, 0.3) is 5.69 Å². The van der Waals surface area contributed by atoms with Crippen LogP contribution in [-0.2, 0) is 4.74 Å². The third-order valence-corrected chi connectivity index (χ3v) is 2.18. The minimum Gasteiger partial charge on any atom is -0.365 e. The molecule has 5 heteroatoms. The van der Waals surface area contributed by atoms with Gasteiger partial charge in [-0.3, -0.25) is 10.1 Å². The molecule has 78 valence electrons. The number of halogens is 1. The second-order valence-electron chi connectivity index (χ2n) is 3.14. The van der Waals surface area contributed by atoms with E-state index in [1.165, 1.54) is 12.1 Å². The molecule has 1 aliphatic rings. The number of hydrogen-bond acceptors (Lipinski definition) is 3. The molecule has 0 N–H and O–H groups in total. The van der Waals surface area contributed by atoms with Crippen LogP contribution in [0.1, 0.15) is 11.7 Å². The van der Waals surface area contributed by atoms with Gasteiger partial charge in [0.05, 0.1) is 23.2 Å². The Morgan fingerprint density at radius 1 is 1.53 bits per heavy atom. The topological polar surface area (TPSA) is 52.4 Å². The van der Waals surface area contributed by atoms with Crippen molar-refractivity contribution in [3.05, 3.63) is 51.8 Å². The number of nitro benzene ring substituents is 1. The van der Waals surface area contributed by atoms with Crippen molar-refractivity contribution in [3.63, 3.8) is 0 Å². The molecule has 1 unspecified atom stereocenters. The molecule has 0 amide bonds. The highest BCUT2D eigenvalue weighted by atomic mass is 19.1. The van der Waals surface area contributed by atoms with Crippen LogP contribution < -0.4 is 0 Å². The molecule has 0 radical (unpaired) electrons. The van der Waals surface area contributed by atoms with Gasteiger partial charge in [0.15, 0.2) is 0 Å². The van der Waals surface area contributed by atoms with E-state index in [1.807, 2.05) is 0 Å². The van der Waals surface area contributed by atoms with Crippen molar-refractivity contribution in [2.24, 2.45) is 0 Å². The molecule has 15 heavy (non-hydrogen) atoms. The minimum atomic E-state index is -0.618. The van der Waals surface area contributed by atoms with Crippen molar-refractivity contribution in [2.45, 2.75) is 6.10 Å². The lowest BCUT2D eigenvalue weighted by molar-refractivity contribution is -0.386. The van der Waals surface area contributed by atoms with Crippen LogP contribution in [0.3, 0.4) is 0 Å². The molecule has 0 aliphatic carbocycles. The third-order valence-electron chi connectivity index (χ3n) is 2.18. The van der Waals surface area contributed by atoms with Crippen molar-refractivity contribution < 1.29 is 14.1 Å². The van der Waals surface area contributed by atoms with Crippen LogP contribution >= 0.6 is 0 Å². The lowest BCUT2D eigenvalue weighted by Crippen LogP contribution is -2.02. The van der Waals surface area contributed by atoms with E-state index in [1.54, 1.807) is 12.2 Å². The molecule has 0 fully saturated rings. The zero-order valence-corrected chi connectivity index (χ0v) is 7.72. The van der Waals surface area contributed by atoms with Crippen molar-refractivity contribution in [3.8, 4) is 0 Å². The van der Waals surface area contributed by atoms with Gasteiger partial charge in [0.2, 0.25) is 0 Å². The van der Waals surface area contributed by atoms with Crippen LogP contribution in [0.4, 0.5) is 10.1 Å². The van der Waals surface area contributed by atoms with Crippen molar-refractivity contribution >= 4 is 5.69 Å². The molecule has 4 nitrogen and oxygen atoms in total. The van der Waals surface area contributed by atoms with E-state index in [0.717, 1.165) is 6.07 Å². The van der Waals surface area contributed by atoms with E-state index in [9.17, 15) is 14.5 Å². The molecule has 1 atom stereocenters. The van der Waals surface area contributed by atoms with Gasteiger partial charge in [-0.1, -0.05) is 12.2 Å². The first-order chi connectivity index (χ1) is 7.18. The smallest absolute Gasteiger partial charge is 0.278 e. The lowest BCUT2D eigenvalue weighted by Gasteiger charge is -2.08. The fourth-order valence-corrected chi connectivity index (χ4v) is 1.50. The van der Waals surface area contributed by atoms with Gasteiger partial charge in [-0.25, -0.2) is 4.39 Å². The highest BCUT2D eigenvalue weighted by Crippen LogP contribution is 2.31. The van der Waals surface area contributed by atoms with Gasteiger partial charge in [-0.2, -0.15) is 0 Å². The second kappa shape index (κ2) is 3.78. The lowest BCUT2D eigenvalue weighted by atomic mass is 10.1. The molecular weight excluding hydrogens is 201 g/mol. The molecule has 1 aromatic rings. The maximum atomic E-state index is 12.8. The summed E-state index contributed by atoms with van der Waals surface area (Å²) < 4.78 is 18.1. The Kier molecular flexibility index (Phi) is 2.47. The summed E-state index contributed by atoms with van der Waals surface area (Å²) in [7, 11) is 0. The van der Waals surface area contributed by atoms with E-state index in [-0.39, 0.29) is 5.69 Å². The minimum absolute atomic E-state index is 0.244. The summed E-state index contributed by atoms with van der Waals surface area (Å²) in [4.78, 5) is 10.1. The Morgan fingerprint density at radius 2 is 2.33 bits per heavy atom. The molecule has 0 spiro atoms. The quantitative estimate of drug-likeness (QED) is 0.426. The van der Waals surface area contributed by atoms with Gasteiger partial charge in [0.1, 0.15) is 11.9 Å². The van der Waals surface area contributed by atoms with Crippen LogP contribution in [0.5, 0.6) is 0 Å². The molecule has 0 saturated heterocycles. The zero-order valence-electron chi connectivity index (χ0n) is 7.72. The summed E-state index contributed by atoms with van der Waals surface area (Å²) in [6.45, 7) is 0.430. The first-order valence-corrected chi connectivity index (χ1v) is 4.40. The number of nitrogens with zero attached hydrogens (tertiary/aromatic N) is 1. The van der Waals surface area contributed by atoms with Crippen LogP contribution in [0.2, 0.25) is 0 Å². The summed E-state index contributed by atoms with van der Waals surface area (Å²) in [5, 5.41) is 10.7. The summed E-state index contributed by atoms with van der Waals surface area (Å²) in [6, 6.07) is 3.48. The van der Waals surface area contributed by atoms with Crippen LogP contribution in [-0.4, -0.2) is 11.5 Å². The molecule has 1 heterocycles. The van der Waals surface area contributed by atoms with Crippen LogP contribution in [0, 0.1) is 15.9 Å². The molecule has 2 rings (SSSR count). The second-order valence-corrected chi connectivity index (χ2v) is 3.14. The fourth-order valence-electron chi connectivity index (χ4n) is 1.50. The Morgan fingerprint density at radius 3 is 2.93 bits per heavy atom. The Bertz CT molecular complexity index is 431. The Hall–Kier alpha value is -1.75. The molecule has 1 aliphatic heterocycles. The van der Waals surface area contributed by atoms with E-state index in [0.29, 0.717) is 12.2 Å².